The van der Waals surface area contributed by atoms with Crippen molar-refractivity contribution in [1.29, 1.82) is 0 Å². The molecule has 1 unspecified atom stereocenters. The van der Waals surface area contributed by atoms with E-state index >= 15 is 0 Å². The molecule has 1 aliphatic rings. The van der Waals surface area contributed by atoms with Crippen LogP contribution in [0.15, 0.2) is 0 Å². The van der Waals surface area contributed by atoms with Crippen molar-refractivity contribution in [3.05, 3.63) is 0 Å². The average Bonchev–Trinajstić information content (AvgIpc) is 2.53. The van der Waals surface area contributed by atoms with E-state index in [-0.39, 0.29) is 17.3 Å². The van der Waals surface area contributed by atoms with Crippen molar-refractivity contribution >= 4 is 23.5 Å². The Labute approximate surface area is 114 Å². The number of imide groups is 1. The lowest BCUT2D eigenvalue weighted by Gasteiger charge is -2.29. The van der Waals surface area contributed by atoms with Crippen molar-refractivity contribution in [3.63, 3.8) is 0 Å². The first-order valence-corrected chi connectivity index (χ1v) is 7.02. The maximum absolute atomic E-state index is 11.8. The quantitative estimate of drug-likeness (QED) is 0.747. The Morgan fingerprint density at radius 1 is 1.28 bits per heavy atom. The molecule has 1 atom stereocenters. The monoisotopic (exact) mass is 274 g/mol. The first-order chi connectivity index (χ1) is 8.34. The summed E-state index contributed by atoms with van der Waals surface area (Å²) in [5, 5.41) is 2.30. The summed E-state index contributed by atoms with van der Waals surface area (Å²) >= 11 is 5.37. The van der Waals surface area contributed by atoms with Gasteiger partial charge in [-0.25, -0.2) is 4.79 Å². The van der Waals surface area contributed by atoms with E-state index < -0.39 is 5.91 Å². The summed E-state index contributed by atoms with van der Waals surface area (Å²) in [6.45, 7) is 8.15. The maximum Gasteiger partial charge on any atom is 0.324 e. The molecule has 18 heavy (non-hydrogen) atoms. The summed E-state index contributed by atoms with van der Waals surface area (Å²) in [5.41, 5.74) is 0.276. The van der Waals surface area contributed by atoms with Crippen LogP contribution >= 0.6 is 11.6 Å². The number of hydrogen-bond donors (Lipinski definition) is 1. The molecular formula is C13H23ClN2O2. The molecule has 0 spiro atoms. The van der Waals surface area contributed by atoms with Crippen LogP contribution in [-0.4, -0.2) is 35.8 Å². The fourth-order valence-electron chi connectivity index (χ4n) is 2.40. The molecule has 104 valence electrons. The number of carbonyl (C=O) groups is 2. The van der Waals surface area contributed by atoms with Crippen LogP contribution in [0.5, 0.6) is 0 Å². The number of hydrogen-bond acceptors (Lipinski definition) is 2. The minimum atomic E-state index is -0.432. The molecule has 1 fully saturated rings. The third kappa shape index (κ3) is 4.48. The zero-order chi connectivity index (χ0) is 13.8. The Morgan fingerprint density at radius 2 is 1.94 bits per heavy atom. The normalized spacial score (nSPS) is 21.3. The summed E-state index contributed by atoms with van der Waals surface area (Å²) in [5.74, 6) is 0.0156. The van der Waals surface area contributed by atoms with Gasteiger partial charge in [-0.1, -0.05) is 20.8 Å². The first kappa shape index (κ1) is 15.3. The minimum Gasteiger partial charge on any atom is -0.324 e. The number of carbonyl (C=O) groups excluding carboxylic acids is 2. The Bertz CT molecular complexity index is 313. The smallest absolute Gasteiger partial charge is 0.324 e. The van der Waals surface area contributed by atoms with Crippen molar-refractivity contribution < 1.29 is 9.59 Å². The summed E-state index contributed by atoms with van der Waals surface area (Å²) in [6.07, 6.45) is 3.12. The lowest BCUT2D eigenvalue weighted by atomic mass is 9.77. The van der Waals surface area contributed by atoms with Crippen LogP contribution in [0.1, 0.15) is 40.0 Å². The van der Waals surface area contributed by atoms with Gasteiger partial charge >= 0.3 is 6.03 Å². The van der Waals surface area contributed by atoms with E-state index in [1.807, 2.05) is 0 Å². The second-order valence-electron chi connectivity index (χ2n) is 5.97. The van der Waals surface area contributed by atoms with Gasteiger partial charge in [0, 0.05) is 13.1 Å². The number of urea groups is 1. The van der Waals surface area contributed by atoms with Crippen LogP contribution in [-0.2, 0) is 4.79 Å². The number of nitrogens with one attached hydrogen (secondary N) is 1. The average molecular weight is 275 g/mol. The zero-order valence-electron chi connectivity index (χ0n) is 11.5. The van der Waals surface area contributed by atoms with Gasteiger partial charge in [0.15, 0.2) is 0 Å². The molecule has 0 saturated carbocycles. The predicted molar refractivity (Wildman–Crippen MR) is 72.6 cm³/mol. The third-order valence-corrected chi connectivity index (χ3v) is 3.85. The van der Waals surface area contributed by atoms with Crippen molar-refractivity contribution in [2.24, 2.45) is 11.3 Å². The number of amides is 3. The molecule has 0 bridgehead atoms. The lowest BCUT2D eigenvalue weighted by molar-refractivity contribution is -0.117. The van der Waals surface area contributed by atoms with Crippen molar-refractivity contribution in [3.8, 4) is 0 Å². The number of halogens is 1. The molecular weight excluding hydrogens is 252 g/mol. The van der Waals surface area contributed by atoms with Gasteiger partial charge in [0.2, 0.25) is 5.91 Å². The fourth-order valence-corrected chi connectivity index (χ4v) is 2.46. The second-order valence-corrected chi connectivity index (χ2v) is 6.24. The SMILES string of the molecule is CC(C)(C)C1CCCN(C(=O)NC(=O)CCl)CC1. The molecule has 1 saturated heterocycles. The van der Waals surface area contributed by atoms with Gasteiger partial charge in [-0.3, -0.25) is 10.1 Å². The van der Waals surface area contributed by atoms with Gasteiger partial charge in [0.25, 0.3) is 0 Å². The second kappa shape index (κ2) is 6.41. The van der Waals surface area contributed by atoms with Gasteiger partial charge in [-0.15, -0.1) is 11.6 Å². The highest BCUT2D eigenvalue weighted by molar-refractivity contribution is 6.28. The Kier molecular flexibility index (Phi) is 5.45. The summed E-state index contributed by atoms with van der Waals surface area (Å²) in [4.78, 5) is 24.6. The highest BCUT2D eigenvalue weighted by Crippen LogP contribution is 2.34. The number of likely N-dealkylation sites (tertiary alicyclic amines) is 1. The third-order valence-electron chi connectivity index (χ3n) is 3.61. The Balaban J connectivity index is 2.51. The van der Waals surface area contributed by atoms with Gasteiger partial charge in [0.05, 0.1) is 0 Å². The van der Waals surface area contributed by atoms with Crippen molar-refractivity contribution in [2.45, 2.75) is 40.0 Å². The largest absolute Gasteiger partial charge is 0.324 e. The molecule has 0 aromatic carbocycles. The number of alkyl halides is 1. The molecule has 0 radical (unpaired) electrons. The molecule has 0 aromatic rings. The van der Waals surface area contributed by atoms with Crippen LogP contribution in [0, 0.1) is 11.3 Å². The predicted octanol–water partition coefficient (Wildman–Crippen LogP) is 2.61. The van der Waals surface area contributed by atoms with Gasteiger partial charge < -0.3 is 4.90 Å². The molecule has 1 heterocycles. The van der Waals surface area contributed by atoms with Crippen LogP contribution in [0.25, 0.3) is 0 Å². The lowest BCUT2D eigenvalue weighted by Crippen LogP contribution is -2.43. The Morgan fingerprint density at radius 3 is 2.50 bits per heavy atom. The highest BCUT2D eigenvalue weighted by atomic mass is 35.5. The maximum atomic E-state index is 11.8. The van der Waals surface area contributed by atoms with Gasteiger partial charge in [-0.2, -0.15) is 0 Å². The highest BCUT2D eigenvalue weighted by Gasteiger charge is 2.28. The van der Waals surface area contributed by atoms with Gasteiger partial charge in [-0.05, 0) is 30.6 Å². The first-order valence-electron chi connectivity index (χ1n) is 6.49. The fraction of sp³-hybridized carbons (Fsp3) is 0.846. The Hall–Kier alpha value is -0.770. The van der Waals surface area contributed by atoms with Crippen molar-refractivity contribution in [2.75, 3.05) is 19.0 Å². The summed E-state index contributed by atoms with van der Waals surface area (Å²) < 4.78 is 0. The van der Waals surface area contributed by atoms with Crippen LogP contribution < -0.4 is 5.32 Å². The van der Waals surface area contributed by atoms with E-state index in [0.29, 0.717) is 19.0 Å². The van der Waals surface area contributed by atoms with E-state index in [4.69, 9.17) is 11.6 Å². The molecule has 0 aromatic heterocycles. The van der Waals surface area contributed by atoms with Crippen LogP contribution in [0.3, 0.4) is 0 Å². The standard InChI is InChI=1S/C13H23ClN2O2/c1-13(2,3)10-5-4-7-16(8-6-10)12(18)15-11(17)9-14/h10H,4-9H2,1-3H3,(H,15,17,18). The molecule has 4 nitrogen and oxygen atoms in total. The van der Waals surface area contributed by atoms with E-state index in [0.717, 1.165) is 19.3 Å². The molecule has 3 amide bonds. The molecule has 0 aliphatic carbocycles. The number of rotatable bonds is 1. The molecule has 1 aliphatic heterocycles. The summed E-state index contributed by atoms with van der Waals surface area (Å²) in [6, 6.07) is -0.310. The van der Waals surface area contributed by atoms with Crippen LogP contribution in [0.4, 0.5) is 4.79 Å². The van der Waals surface area contributed by atoms with Crippen LogP contribution in [0.2, 0.25) is 0 Å². The number of nitrogens with zero attached hydrogens (tertiary/aromatic N) is 1. The van der Waals surface area contributed by atoms with E-state index in [2.05, 4.69) is 26.1 Å². The van der Waals surface area contributed by atoms with E-state index in [9.17, 15) is 9.59 Å². The van der Waals surface area contributed by atoms with E-state index in [1.165, 1.54) is 0 Å². The van der Waals surface area contributed by atoms with E-state index in [1.54, 1.807) is 4.90 Å². The minimum absolute atomic E-state index is 0.176. The molecule has 1 rings (SSSR count). The molecule has 5 heteroatoms. The van der Waals surface area contributed by atoms with Gasteiger partial charge in [0.1, 0.15) is 5.88 Å². The topological polar surface area (TPSA) is 49.4 Å². The molecule has 1 N–H and O–H groups in total. The zero-order valence-corrected chi connectivity index (χ0v) is 12.2. The summed E-state index contributed by atoms with van der Waals surface area (Å²) in [7, 11) is 0. The van der Waals surface area contributed by atoms with Crippen molar-refractivity contribution in [1.82, 2.24) is 10.2 Å².